The number of esters is 1. The van der Waals surface area contributed by atoms with Gasteiger partial charge >= 0.3 is 5.97 Å². The smallest absolute Gasteiger partial charge is 0.325 e. The van der Waals surface area contributed by atoms with Crippen LogP contribution in [0, 0.1) is 17.8 Å². The highest BCUT2D eigenvalue weighted by Crippen LogP contribution is 2.34. The first-order valence-electron chi connectivity index (χ1n) is 15.3. The number of hydrogen-bond donors (Lipinski definition) is 4. The van der Waals surface area contributed by atoms with Crippen LogP contribution in [0.15, 0.2) is 0 Å². The molecule has 2 heterocycles. The van der Waals surface area contributed by atoms with E-state index in [2.05, 4.69) is 26.2 Å². The van der Waals surface area contributed by atoms with Crippen LogP contribution in [-0.2, 0) is 19.1 Å². The Balaban J connectivity index is 1.05. The van der Waals surface area contributed by atoms with Crippen molar-refractivity contribution in [1.82, 2.24) is 26.2 Å². The van der Waals surface area contributed by atoms with Crippen LogP contribution in [0.2, 0.25) is 0 Å². The van der Waals surface area contributed by atoms with Crippen molar-refractivity contribution in [1.29, 1.82) is 0 Å². The van der Waals surface area contributed by atoms with E-state index in [-0.39, 0.29) is 30.6 Å². The van der Waals surface area contributed by atoms with E-state index in [1.54, 1.807) is 0 Å². The van der Waals surface area contributed by atoms with Crippen molar-refractivity contribution in [2.45, 2.75) is 109 Å². The first-order valence-corrected chi connectivity index (χ1v) is 15.3. The molecule has 2 aliphatic heterocycles. The molecule has 1 amide bonds. The first kappa shape index (κ1) is 29.7. The van der Waals surface area contributed by atoms with E-state index < -0.39 is 5.60 Å². The number of hydrogen-bond acceptors (Lipinski definition) is 8. The summed E-state index contributed by atoms with van der Waals surface area (Å²) >= 11 is 0. The van der Waals surface area contributed by atoms with Crippen LogP contribution in [-0.4, -0.2) is 86.7 Å². The molecule has 4 aliphatic rings. The lowest BCUT2D eigenvalue weighted by Crippen LogP contribution is -2.63. The van der Waals surface area contributed by atoms with Crippen molar-refractivity contribution < 1.29 is 19.1 Å². The van der Waals surface area contributed by atoms with Gasteiger partial charge in [0, 0.05) is 31.6 Å². The van der Waals surface area contributed by atoms with Gasteiger partial charge in [-0.15, -0.1) is 0 Å². The maximum atomic E-state index is 12.5. The Morgan fingerprint density at radius 3 is 2.18 bits per heavy atom. The molecular weight excluding hydrogens is 482 g/mol. The van der Waals surface area contributed by atoms with Crippen LogP contribution in [0.25, 0.3) is 0 Å². The van der Waals surface area contributed by atoms with E-state index in [1.807, 2.05) is 20.8 Å². The normalized spacial score (nSPS) is 33.1. The maximum absolute atomic E-state index is 12.5. The summed E-state index contributed by atoms with van der Waals surface area (Å²) in [5.74, 6) is 0.853. The number of rotatable bonds is 10. The third-order valence-corrected chi connectivity index (χ3v) is 8.84. The zero-order valence-corrected chi connectivity index (χ0v) is 24.1. The lowest BCUT2D eigenvalue weighted by atomic mass is 9.75. The minimum absolute atomic E-state index is 0.00642. The van der Waals surface area contributed by atoms with E-state index >= 15 is 0 Å². The summed E-state index contributed by atoms with van der Waals surface area (Å²) in [5.41, 5.74) is -0.530. The molecule has 4 rings (SSSR count). The molecule has 9 heteroatoms. The fourth-order valence-electron chi connectivity index (χ4n) is 6.65. The second-order valence-electron chi connectivity index (χ2n) is 13.0. The number of carbonyl (C=O) groups is 2. The molecule has 4 N–H and O–H groups in total. The largest absolute Gasteiger partial charge is 0.459 e. The molecule has 38 heavy (non-hydrogen) atoms. The van der Waals surface area contributed by atoms with Crippen molar-refractivity contribution in [2.24, 2.45) is 17.8 Å². The second-order valence-corrected chi connectivity index (χ2v) is 13.0. The van der Waals surface area contributed by atoms with Crippen molar-refractivity contribution in [3.05, 3.63) is 0 Å². The van der Waals surface area contributed by atoms with Gasteiger partial charge in [-0.3, -0.25) is 25.5 Å². The van der Waals surface area contributed by atoms with Gasteiger partial charge in [-0.05, 0) is 110 Å². The van der Waals surface area contributed by atoms with Crippen LogP contribution in [0.5, 0.6) is 0 Å². The lowest BCUT2D eigenvalue weighted by molar-refractivity contribution is -0.154. The molecule has 2 aliphatic carbocycles. The molecule has 2 saturated heterocycles. The number of amides is 1. The summed E-state index contributed by atoms with van der Waals surface area (Å²) in [7, 11) is 0. The van der Waals surface area contributed by atoms with Gasteiger partial charge in [0.05, 0.1) is 12.7 Å². The van der Waals surface area contributed by atoms with Crippen molar-refractivity contribution in [3.8, 4) is 0 Å². The van der Waals surface area contributed by atoms with E-state index in [1.165, 1.54) is 38.8 Å². The SMILES string of the molecule is CC(C)(C)OC(=O)CNC(=O)C1CCC(C2CNC(NC3CCC(OCCN4CCCC4)CC3)NC2)CC1. The standard InChI is InChI=1S/C29H53N5O4/c1-29(2,3)38-26(35)20-30-27(36)22-8-6-21(7-9-22)23-18-31-28(32-19-23)33-24-10-12-25(13-11-24)37-17-16-34-14-4-5-15-34/h21-25,28,31-33H,4-20H2,1-3H3,(H,30,36). The molecule has 0 bridgehead atoms. The monoisotopic (exact) mass is 535 g/mol. The number of nitrogens with zero attached hydrogens (tertiary/aromatic N) is 1. The summed E-state index contributed by atoms with van der Waals surface area (Å²) in [4.78, 5) is 27.0. The highest BCUT2D eigenvalue weighted by atomic mass is 16.6. The molecule has 0 aromatic rings. The summed E-state index contributed by atoms with van der Waals surface area (Å²) in [6.07, 6.45) is 11.9. The minimum atomic E-state index is -0.530. The molecule has 2 saturated carbocycles. The summed E-state index contributed by atoms with van der Waals surface area (Å²) < 4.78 is 11.5. The second kappa shape index (κ2) is 14.4. The predicted molar refractivity (Wildman–Crippen MR) is 148 cm³/mol. The van der Waals surface area contributed by atoms with Crippen molar-refractivity contribution >= 4 is 11.9 Å². The highest BCUT2D eigenvalue weighted by molar-refractivity contribution is 5.83. The number of carbonyl (C=O) groups excluding carboxylic acids is 2. The van der Waals surface area contributed by atoms with Crippen molar-refractivity contribution in [3.63, 3.8) is 0 Å². The summed E-state index contributed by atoms with van der Waals surface area (Å²) in [6, 6.07) is 0.546. The van der Waals surface area contributed by atoms with Crippen LogP contribution in [0.1, 0.15) is 85.0 Å². The van der Waals surface area contributed by atoms with Gasteiger partial charge in [0.1, 0.15) is 18.4 Å². The number of nitrogens with one attached hydrogen (secondary N) is 4. The summed E-state index contributed by atoms with van der Waals surface area (Å²) in [6.45, 7) is 12.0. The minimum Gasteiger partial charge on any atom is -0.459 e. The topological polar surface area (TPSA) is 104 Å². The van der Waals surface area contributed by atoms with Crippen LogP contribution in [0.3, 0.4) is 0 Å². The first-order chi connectivity index (χ1) is 18.2. The van der Waals surface area contributed by atoms with Crippen molar-refractivity contribution in [2.75, 3.05) is 45.9 Å². The molecule has 0 atom stereocenters. The van der Waals surface area contributed by atoms with E-state index in [0.717, 1.165) is 64.8 Å². The van der Waals surface area contributed by atoms with E-state index in [4.69, 9.17) is 9.47 Å². The summed E-state index contributed by atoms with van der Waals surface area (Å²) in [5, 5.41) is 13.9. The Morgan fingerprint density at radius 2 is 1.55 bits per heavy atom. The molecular formula is C29H53N5O4. The maximum Gasteiger partial charge on any atom is 0.325 e. The Hall–Kier alpha value is -1.26. The van der Waals surface area contributed by atoms with Crippen LogP contribution in [0.4, 0.5) is 0 Å². The molecule has 4 fully saturated rings. The number of likely N-dealkylation sites (tertiary alicyclic amines) is 1. The fourth-order valence-corrected chi connectivity index (χ4v) is 6.65. The molecule has 0 spiro atoms. The predicted octanol–water partition coefficient (Wildman–Crippen LogP) is 2.36. The molecule has 9 nitrogen and oxygen atoms in total. The van der Waals surface area contributed by atoms with Gasteiger partial charge < -0.3 is 19.7 Å². The van der Waals surface area contributed by atoms with Gasteiger partial charge in [-0.2, -0.15) is 0 Å². The molecule has 218 valence electrons. The zero-order chi connectivity index (χ0) is 27.0. The van der Waals surface area contributed by atoms with E-state index in [9.17, 15) is 9.59 Å². The fraction of sp³-hybridized carbons (Fsp3) is 0.931. The Labute approximate surface area is 229 Å². The Morgan fingerprint density at radius 1 is 0.895 bits per heavy atom. The van der Waals surface area contributed by atoms with Gasteiger partial charge in [-0.1, -0.05) is 0 Å². The average molecular weight is 536 g/mol. The molecule has 0 aromatic carbocycles. The third kappa shape index (κ3) is 9.73. The third-order valence-electron chi connectivity index (χ3n) is 8.84. The van der Waals surface area contributed by atoms with Crippen LogP contribution < -0.4 is 21.3 Å². The lowest BCUT2D eigenvalue weighted by Gasteiger charge is -2.40. The zero-order valence-electron chi connectivity index (χ0n) is 24.1. The Bertz CT molecular complexity index is 730. The van der Waals surface area contributed by atoms with Gasteiger partial charge in [-0.25, -0.2) is 0 Å². The van der Waals surface area contributed by atoms with Gasteiger partial charge in [0.15, 0.2) is 0 Å². The highest BCUT2D eigenvalue weighted by Gasteiger charge is 2.34. The van der Waals surface area contributed by atoms with Crippen LogP contribution >= 0.6 is 0 Å². The Kier molecular flexibility index (Phi) is 11.3. The molecule has 0 radical (unpaired) electrons. The number of ether oxygens (including phenoxy) is 2. The van der Waals surface area contributed by atoms with E-state index in [0.29, 0.717) is 24.0 Å². The molecule has 0 unspecified atom stereocenters. The molecule has 0 aromatic heterocycles. The van der Waals surface area contributed by atoms with Gasteiger partial charge in [0.2, 0.25) is 5.91 Å². The van der Waals surface area contributed by atoms with Gasteiger partial charge in [0.25, 0.3) is 0 Å². The quantitative estimate of drug-likeness (QED) is 0.316. The average Bonchev–Trinajstić information content (AvgIpc) is 3.42.